The van der Waals surface area contributed by atoms with Crippen molar-refractivity contribution < 1.29 is 17.6 Å². The zero-order chi connectivity index (χ0) is 14.3. The van der Waals surface area contributed by atoms with E-state index in [4.69, 9.17) is 4.42 Å². The minimum absolute atomic E-state index is 0.0433. The summed E-state index contributed by atoms with van der Waals surface area (Å²) in [7, 11) is 0. The summed E-state index contributed by atoms with van der Waals surface area (Å²) in [6.07, 6.45) is -4.36. The van der Waals surface area contributed by atoms with Crippen molar-refractivity contribution in [2.75, 3.05) is 18.4 Å². The SMILES string of the molecule is CCNC(C)c1nnc(NCCCCC(F)(F)F)o1. The van der Waals surface area contributed by atoms with Gasteiger partial charge in [0.25, 0.3) is 0 Å². The molecule has 0 aliphatic heterocycles. The van der Waals surface area contributed by atoms with Gasteiger partial charge >= 0.3 is 12.2 Å². The summed E-state index contributed by atoms with van der Waals surface area (Å²) in [5, 5.41) is 13.6. The Morgan fingerprint density at radius 3 is 2.63 bits per heavy atom. The molecule has 0 fully saturated rings. The van der Waals surface area contributed by atoms with Crippen molar-refractivity contribution in [2.24, 2.45) is 0 Å². The molecule has 0 saturated carbocycles. The van der Waals surface area contributed by atoms with Crippen LogP contribution >= 0.6 is 0 Å². The van der Waals surface area contributed by atoms with Crippen LogP contribution in [0.1, 0.15) is 45.0 Å². The van der Waals surface area contributed by atoms with Gasteiger partial charge in [-0.15, -0.1) is 5.10 Å². The van der Waals surface area contributed by atoms with E-state index in [2.05, 4.69) is 20.8 Å². The van der Waals surface area contributed by atoms with Crippen LogP contribution in [0.25, 0.3) is 0 Å². The molecule has 1 heterocycles. The molecule has 1 aromatic rings. The molecule has 5 nitrogen and oxygen atoms in total. The lowest BCUT2D eigenvalue weighted by atomic mass is 10.2. The standard InChI is InChI=1S/C11H19F3N4O/c1-3-15-8(2)9-17-18-10(19-9)16-7-5-4-6-11(12,13)14/h8,15H,3-7H2,1-2H3,(H,16,18). The quantitative estimate of drug-likeness (QED) is 0.717. The number of nitrogens with one attached hydrogen (secondary N) is 2. The third-order valence-corrected chi connectivity index (χ3v) is 2.48. The van der Waals surface area contributed by atoms with Gasteiger partial charge in [-0.3, -0.25) is 0 Å². The molecular weight excluding hydrogens is 261 g/mol. The molecule has 0 spiro atoms. The van der Waals surface area contributed by atoms with Gasteiger partial charge < -0.3 is 15.1 Å². The predicted octanol–water partition coefficient (Wildman–Crippen LogP) is 2.88. The van der Waals surface area contributed by atoms with Gasteiger partial charge in [0.1, 0.15) is 0 Å². The lowest BCUT2D eigenvalue weighted by Crippen LogP contribution is -2.17. The van der Waals surface area contributed by atoms with Crippen LogP contribution < -0.4 is 10.6 Å². The van der Waals surface area contributed by atoms with Crippen molar-refractivity contribution in [2.45, 2.75) is 45.3 Å². The van der Waals surface area contributed by atoms with Crippen molar-refractivity contribution in [3.05, 3.63) is 5.89 Å². The van der Waals surface area contributed by atoms with Crippen LogP contribution in [0.3, 0.4) is 0 Å². The molecule has 1 unspecified atom stereocenters. The molecule has 110 valence electrons. The van der Waals surface area contributed by atoms with E-state index in [1.807, 2.05) is 13.8 Å². The van der Waals surface area contributed by atoms with E-state index in [9.17, 15) is 13.2 Å². The number of unbranched alkanes of at least 4 members (excludes halogenated alkanes) is 1. The first kappa shape index (κ1) is 15.7. The molecule has 19 heavy (non-hydrogen) atoms. The average molecular weight is 280 g/mol. The Hall–Kier alpha value is -1.31. The number of hydrogen-bond acceptors (Lipinski definition) is 5. The smallest absolute Gasteiger partial charge is 0.389 e. The maximum absolute atomic E-state index is 11.9. The minimum atomic E-state index is -4.08. The zero-order valence-electron chi connectivity index (χ0n) is 11.0. The van der Waals surface area contributed by atoms with E-state index in [-0.39, 0.29) is 18.5 Å². The molecule has 1 atom stereocenters. The highest BCUT2D eigenvalue weighted by Gasteiger charge is 2.25. The lowest BCUT2D eigenvalue weighted by molar-refractivity contribution is -0.135. The molecule has 0 aromatic carbocycles. The Bertz CT molecular complexity index is 367. The summed E-state index contributed by atoms with van der Waals surface area (Å²) >= 11 is 0. The van der Waals surface area contributed by atoms with Gasteiger partial charge in [0, 0.05) is 13.0 Å². The predicted molar refractivity (Wildman–Crippen MR) is 64.8 cm³/mol. The van der Waals surface area contributed by atoms with Crippen molar-refractivity contribution in [3.8, 4) is 0 Å². The minimum Gasteiger partial charge on any atom is -0.406 e. The van der Waals surface area contributed by atoms with Crippen LogP contribution in [0.2, 0.25) is 0 Å². The molecule has 1 aromatic heterocycles. The number of hydrogen-bond donors (Lipinski definition) is 2. The third kappa shape index (κ3) is 6.42. The van der Waals surface area contributed by atoms with Gasteiger partial charge in [0.15, 0.2) is 0 Å². The van der Waals surface area contributed by atoms with Gasteiger partial charge in [-0.25, -0.2) is 0 Å². The van der Waals surface area contributed by atoms with Gasteiger partial charge in [-0.2, -0.15) is 13.2 Å². The number of aromatic nitrogens is 2. The highest BCUT2D eigenvalue weighted by molar-refractivity contribution is 5.16. The van der Waals surface area contributed by atoms with Crippen LogP contribution in [-0.4, -0.2) is 29.5 Å². The molecule has 2 N–H and O–H groups in total. The lowest BCUT2D eigenvalue weighted by Gasteiger charge is -2.06. The van der Waals surface area contributed by atoms with Crippen LogP contribution in [-0.2, 0) is 0 Å². The fraction of sp³-hybridized carbons (Fsp3) is 0.818. The molecule has 0 aliphatic rings. The molecule has 0 bridgehead atoms. The Kier molecular flexibility index (Phi) is 6.07. The van der Waals surface area contributed by atoms with E-state index in [1.165, 1.54) is 0 Å². The topological polar surface area (TPSA) is 63.0 Å². The Morgan fingerprint density at radius 2 is 2.00 bits per heavy atom. The van der Waals surface area contributed by atoms with Crippen molar-refractivity contribution in [1.82, 2.24) is 15.5 Å². The van der Waals surface area contributed by atoms with Gasteiger partial charge in [0.05, 0.1) is 6.04 Å². The monoisotopic (exact) mass is 280 g/mol. The number of rotatable bonds is 8. The highest BCUT2D eigenvalue weighted by Crippen LogP contribution is 2.22. The van der Waals surface area contributed by atoms with E-state index in [0.29, 0.717) is 18.9 Å². The number of anilines is 1. The molecule has 8 heteroatoms. The third-order valence-electron chi connectivity index (χ3n) is 2.48. The second-order valence-corrected chi connectivity index (χ2v) is 4.22. The Labute approximate surface area is 110 Å². The largest absolute Gasteiger partial charge is 0.406 e. The van der Waals surface area contributed by atoms with Crippen molar-refractivity contribution >= 4 is 6.01 Å². The summed E-state index contributed by atoms with van der Waals surface area (Å²) in [6, 6.07) is 0.199. The second kappa shape index (κ2) is 7.32. The Balaban J connectivity index is 2.23. The summed E-state index contributed by atoms with van der Waals surface area (Å²) in [5.74, 6) is 0.458. The number of alkyl halides is 3. The van der Waals surface area contributed by atoms with E-state index >= 15 is 0 Å². The van der Waals surface area contributed by atoms with Crippen LogP contribution in [0, 0.1) is 0 Å². The van der Waals surface area contributed by atoms with Gasteiger partial charge in [-0.05, 0) is 26.3 Å². The molecule has 1 rings (SSSR count). The molecule has 0 amide bonds. The van der Waals surface area contributed by atoms with Crippen molar-refractivity contribution in [1.29, 1.82) is 0 Å². The molecule has 0 radical (unpaired) electrons. The first-order valence-electron chi connectivity index (χ1n) is 6.29. The summed E-state index contributed by atoms with van der Waals surface area (Å²) < 4.78 is 41.0. The maximum atomic E-state index is 11.9. The van der Waals surface area contributed by atoms with Crippen LogP contribution in [0.15, 0.2) is 4.42 Å². The summed E-state index contributed by atoms with van der Waals surface area (Å²) in [6.45, 7) is 5.02. The zero-order valence-corrected chi connectivity index (χ0v) is 11.0. The van der Waals surface area contributed by atoms with E-state index < -0.39 is 12.6 Å². The van der Waals surface area contributed by atoms with Crippen LogP contribution in [0.5, 0.6) is 0 Å². The van der Waals surface area contributed by atoms with E-state index in [1.54, 1.807) is 0 Å². The van der Waals surface area contributed by atoms with Crippen LogP contribution in [0.4, 0.5) is 19.2 Å². The fourth-order valence-corrected chi connectivity index (χ4v) is 1.52. The van der Waals surface area contributed by atoms with E-state index in [0.717, 1.165) is 6.54 Å². The molecular formula is C11H19F3N4O. The summed E-state index contributed by atoms with van der Waals surface area (Å²) in [5.41, 5.74) is 0. The second-order valence-electron chi connectivity index (χ2n) is 4.22. The number of halogens is 3. The first-order valence-corrected chi connectivity index (χ1v) is 6.29. The molecule has 0 aliphatic carbocycles. The Morgan fingerprint density at radius 1 is 1.26 bits per heavy atom. The van der Waals surface area contributed by atoms with Crippen molar-refractivity contribution in [3.63, 3.8) is 0 Å². The summed E-state index contributed by atoms with van der Waals surface area (Å²) in [4.78, 5) is 0. The first-order chi connectivity index (χ1) is 8.92. The maximum Gasteiger partial charge on any atom is 0.389 e. The van der Waals surface area contributed by atoms with Gasteiger partial charge in [-0.1, -0.05) is 12.0 Å². The average Bonchev–Trinajstić information content (AvgIpc) is 2.76. The normalized spacial score (nSPS) is 13.5. The highest BCUT2D eigenvalue weighted by atomic mass is 19.4. The number of nitrogens with zero attached hydrogens (tertiary/aromatic N) is 2. The fourth-order valence-electron chi connectivity index (χ4n) is 1.52. The molecule has 0 saturated heterocycles. The van der Waals surface area contributed by atoms with Gasteiger partial charge in [0.2, 0.25) is 5.89 Å².